The third-order valence-corrected chi connectivity index (χ3v) is 1.45. The van der Waals surface area contributed by atoms with Gasteiger partial charge >= 0.3 is 0 Å². The van der Waals surface area contributed by atoms with Crippen LogP contribution in [0.25, 0.3) is 0 Å². The Hall–Kier alpha value is -0.0100. The van der Waals surface area contributed by atoms with Crippen molar-refractivity contribution in [3.63, 3.8) is 0 Å². The van der Waals surface area contributed by atoms with Crippen LogP contribution in [0, 0.1) is 0 Å². The molecule has 0 rings (SSSR count). The van der Waals surface area contributed by atoms with Crippen LogP contribution < -0.4 is 0 Å². The van der Waals surface area contributed by atoms with Gasteiger partial charge in [-0.3, -0.25) is 4.79 Å². The number of allylic oxidation sites excluding steroid dienone is 2. The van der Waals surface area contributed by atoms with Gasteiger partial charge in [0.05, 0.1) is 5.03 Å². The Morgan fingerprint density at radius 3 is 1.62 bits per heavy atom. The quantitative estimate of drug-likeness (QED) is 0.417. The van der Waals surface area contributed by atoms with Gasteiger partial charge in [0.1, 0.15) is 0 Å². The topological polar surface area (TPSA) is 17.1 Å². The lowest BCUT2D eigenvalue weighted by atomic mass is 10.3. The van der Waals surface area contributed by atoms with E-state index >= 15 is 0 Å². The SMILES string of the molecule is CC(C)=C(Cl)C(=O)Cl. The molecule has 46 valence electrons. The van der Waals surface area contributed by atoms with Crippen LogP contribution in [0.4, 0.5) is 0 Å². The van der Waals surface area contributed by atoms with Crippen molar-refractivity contribution in [1.82, 2.24) is 0 Å². The van der Waals surface area contributed by atoms with E-state index in [0.29, 0.717) is 0 Å². The van der Waals surface area contributed by atoms with Crippen LogP contribution >= 0.6 is 23.2 Å². The first-order valence-corrected chi connectivity index (χ1v) is 2.84. The number of hydrogen-bond acceptors (Lipinski definition) is 1. The van der Waals surface area contributed by atoms with E-state index in [0.717, 1.165) is 5.57 Å². The molecule has 0 N–H and O–H groups in total. The van der Waals surface area contributed by atoms with E-state index in [1.54, 1.807) is 13.8 Å². The Kier molecular flexibility index (Phi) is 3.10. The van der Waals surface area contributed by atoms with Gasteiger partial charge in [-0.05, 0) is 25.4 Å². The Balaban J connectivity index is 4.23. The number of halogens is 2. The molecule has 0 aromatic heterocycles. The van der Waals surface area contributed by atoms with Crippen molar-refractivity contribution in [3.8, 4) is 0 Å². The van der Waals surface area contributed by atoms with Crippen molar-refractivity contribution in [2.24, 2.45) is 0 Å². The molecule has 0 aromatic rings. The first-order chi connectivity index (χ1) is 3.55. The average molecular weight is 153 g/mol. The fraction of sp³-hybridized carbons (Fsp3) is 0.400. The molecular weight excluding hydrogens is 147 g/mol. The largest absolute Gasteiger partial charge is 0.275 e. The molecule has 3 heteroatoms. The summed E-state index contributed by atoms with van der Waals surface area (Å²) in [5.74, 6) is 0. The lowest BCUT2D eigenvalue weighted by molar-refractivity contribution is -0.108. The molecule has 1 nitrogen and oxygen atoms in total. The maximum Gasteiger partial charge on any atom is 0.263 e. The molecule has 0 unspecified atom stereocenters. The highest BCUT2D eigenvalue weighted by Crippen LogP contribution is 2.10. The van der Waals surface area contributed by atoms with E-state index in [-0.39, 0.29) is 5.03 Å². The summed E-state index contributed by atoms with van der Waals surface area (Å²) in [5.41, 5.74) is 0.742. The summed E-state index contributed by atoms with van der Waals surface area (Å²) in [6.07, 6.45) is 0. The minimum absolute atomic E-state index is 0.117. The van der Waals surface area contributed by atoms with Crippen LogP contribution in [-0.2, 0) is 4.79 Å². The highest BCUT2D eigenvalue weighted by atomic mass is 35.5. The van der Waals surface area contributed by atoms with Crippen molar-refractivity contribution >= 4 is 28.4 Å². The second kappa shape index (κ2) is 3.10. The maximum absolute atomic E-state index is 10.2. The van der Waals surface area contributed by atoms with Gasteiger partial charge in [0.25, 0.3) is 5.24 Å². The summed E-state index contributed by atoms with van der Waals surface area (Å²) in [4.78, 5) is 10.2. The second-order valence-electron chi connectivity index (χ2n) is 1.59. The smallest absolute Gasteiger partial charge is 0.263 e. The summed E-state index contributed by atoms with van der Waals surface area (Å²) in [6.45, 7) is 3.45. The number of rotatable bonds is 1. The van der Waals surface area contributed by atoms with Gasteiger partial charge in [0, 0.05) is 0 Å². The third kappa shape index (κ3) is 2.34. The monoisotopic (exact) mass is 152 g/mol. The van der Waals surface area contributed by atoms with Crippen LogP contribution in [0.3, 0.4) is 0 Å². The van der Waals surface area contributed by atoms with Gasteiger partial charge in [-0.15, -0.1) is 0 Å². The number of carbonyl (C=O) groups excluding carboxylic acids is 1. The van der Waals surface area contributed by atoms with Crippen LogP contribution in [0.5, 0.6) is 0 Å². The first kappa shape index (κ1) is 7.99. The van der Waals surface area contributed by atoms with Crippen molar-refractivity contribution < 1.29 is 4.79 Å². The summed E-state index contributed by atoms with van der Waals surface area (Å²) in [5, 5.41) is -0.474. The van der Waals surface area contributed by atoms with Gasteiger partial charge in [-0.25, -0.2) is 0 Å². The Morgan fingerprint density at radius 1 is 1.25 bits per heavy atom. The number of hydrogen-bond donors (Lipinski definition) is 0. The number of carbonyl (C=O) groups is 1. The molecule has 0 saturated carbocycles. The van der Waals surface area contributed by atoms with E-state index in [1.807, 2.05) is 0 Å². The van der Waals surface area contributed by atoms with Gasteiger partial charge in [0.2, 0.25) is 0 Å². The summed E-state index contributed by atoms with van der Waals surface area (Å²) in [7, 11) is 0. The van der Waals surface area contributed by atoms with Crippen molar-refractivity contribution in [2.45, 2.75) is 13.8 Å². The van der Waals surface area contributed by atoms with E-state index in [4.69, 9.17) is 23.2 Å². The summed E-state index contributed by atoms with van der Waals surface area (Å²) in [6, 6.07) is 0. The molecule has 0 radical (unpaired) electrons. The molecule has 0 saturated heterocycles. The fourth-order valence-corrected chi connectivity index (χ4v) is 0.386. The maximum atomic E-state index is 10.2. The molecule has 0 heterocycles. The fourth-order valence-electron chi connectivity index (χ4n) is 0.197. The lowest BCUT2D eigenvalue weighted by Crippen LogP contribution is -1.85. The summed E-state index contributed by atoms with van der Waals surface area (Å²) >= 11 is 10.3. The predicted molar refractivity (Wildman–Crippen MR) is 35.1 cm³/mol. The van der Waals surface area contributed by atoms with E-state index in [2.05, 4.69) is 0 Å². The van der Waals surface area contributed by atoms with Crippen molar-refractivity contribution in [3.05, 3.63) is 10.6 Å². The molecule has 0 amide bonds. The molecule has 0 spiro atoms. The molecule has 0 atom stereocenters. The normalized spacial score (nSPS) is 8.50. The van der Waals surface area contributed by atoms with Crippen LogP contribution in [0.1, 0.15) is 13.8 Å². The third-order valence-electron chi connectivity index (χ3n) is 0.612. The predicted octanol–water partition coefficient (Wildman–Crippen LogP) is 2.28. The first-order valence-electron chi connectivity index (χ1n) is 2.08. The highest BCUT2D eigenvalue weighted by molar-refractivity contribution is 6.74. The molecule has 0 bridgehead atoms. The Morgan fingerprint density at radius 2 is 1.62 bits per heavy atom. The molecule has 0 aliphatic carbocycles. The molecule has 0 aliphatic rings. The molecule has 8 heavy (non-hydrogen) atoms. The van der Waals surface area contributed by atoms with E-state index in [9.17, 15) is 4.79 Å². The van der Waals surface area contributed by atoms with Crippen LogP contribution in [-0.4, -0.2) is 5.24 Å². The zero-order chi connectivity index (χ0) is 6.73. The van der Waals surface area contributed by atoms with Crippen LogP contribution in [0.15, 0.2) is 10.6 Å². The molecular formula is C5H6Cl2O. The van der Waals surface area contributed by atoms with Crippen molar-refractivity contribution in [1.29, 1.82) is 0 Å². The second-order valence-corrected chi connectivity index (χ2v) is 2.31. The van der Waals surface area contributed by atoms with Gasteiger partial charge in [-0.1, -0.05) is 17.2 Å². The van der Waals surface area contributed by atoms with E-state index < -0.39 is 5.24 Å². The van der Waals surface area contributed by atoms with Gasteiger partial charge in [0.15, 0.2) is 0 Å². The molecule has 0 aromatic carbocycles. The standard InChI is InChI=1S/C5H6Cl2O/c1-3(2)4(6)5(7)8/h1-2H3. The minimum Gasteiger partial charge on any atom is -0.275 e. The highest BCUT2D eigenvalue weighted by Gasteiger charge is 2.01. The lowest BCUT2D eigenvalue weighted by Gasteiger charge is -1.89. The Labute approximate surface area is 58.3 Å². The van der Waals surface area contributed by atoms with Gasteiger partial charge < -0.3 is 0 Å². The molecule has 0 fully saturated rings. The van der Waals surface area contributed by atoms with Crippen LogP contribution in [0.2, 0.25) is 0 Å². The zero-order valence-corrected chi connectivity index (χ0v) is 6.18. The molecule has 0 aliphatic heterocycles. The van der Waals surface area contributed by atoms with E-state index in [1.165, 1.54) is 0 Å². The van der Waals surface area contributed by atoms with Gasteiger partial charge in [-0.2, -0.15) is 0 Å². The van der Waals surface area contributed by atoms with Crippen molar-refractivity contribution in [2.75, 3.05) is 0 Å². The average Bonchev–Trinajstić information content (AvgIpc) is 1.64. The zero-order valence-electron chi connectivity index (χ0n) is 4.66. The summed E-state index contributed by atoms with van der Waals surface area (Å²) < 4.78 is 0. The Bertz CT molecular complexity index is 133. The minimum atomic E-state index is -0.591.